The Bertz CT molecular complexity index is 664. The number of phosphoric ester groups is 1. The molecule has 8 nitrogen and oxygen atoms in total. The minimum Gasteiger partial charge on any atom is -0.462 e. The van der Waals surface area contributed by atoms with Gasteiger partial charge in [0.2, 0.25) is 0 Å². The minimum atomic E-state index is -4.73. The van der Waals surface area contributed by atoms with Crippen molar-refractivity contribution in [3.8, 4) is 0 Å². The standard InChI is InChI=1S/C32H63O8P/c1-4-5-6-7-15-19-22-25-31(33)38-27-30(28-39-41(35,36)37)40-32(34)26-23-20-17-14-12-10-8-9-11-13-16-18-21-24-29(2)3/h29-30H,4-28H2,1-3H3,(H2,35,36,37)/t30-/m1/s1. The summed E-state index contributed by atoms with van der Waals surface area (Å²) in [5, 5.41) is 0. The third kappa shape index (κ3) is 31.8. The maximum atomic E-state index is 12.3. The number of esters is 2. The third-order valence-corrected chi connectivity index (χ3v) is 7.79. The quantitative estimate of drug-likeness (QED) is 0.0472. The Morgan fingerprint density at radius 3 is 1.46 bits per heavy atom. The van der Waals surface area contributed by atoms with E-state index in [0.29, 0.717) is 6.42 Å². The van der Waals surface area contributed by atoms with Gasteiger partial charge in [-0.25, -0.2) is 4.57 Å². The van der Waals surface area contributed by atoms with Gasteiger partial charge in [-0.1, -0.05) is 143 Å². The van der Waals surface area contributed by atoms with Gasteiger partial charge in [-0.15, -0.1) is 0 Å². The summed E-state index contributed by atoms with van der Waals surface area (Å²) in [6.45, 7) is 5.95. The molecular weight excluding hydrogens is 543 g/mol. The molecule has 1 atom stereocenters. The average molecular weight is 607 g/mol. The summed E-state index contributed by atoms with van der Waals surface area (Å²) in [5.41, 5.74) is 0. The molecule has 244 valence electrons. The molecule has 0 aromatic carbocycles. The second-order valence-electron chi connectivity index (χ2n) is 12.0. The van der Waals surface area contributed by atoms with Crippen LogP contribution in [0, 0.1) is 5.92 Å². The largest absolute Gasteiger partial charge is 0.469 e. The number of ether oxygens (including phenoxy) is 2. The summed E-state index contributed by atoms with van der Waals surface area (Å²) < 4.78 is 26.1. The van der Waals surface area contributed by atoms with Gasteiger partial charge in [0.05, 0.1) is 6.61 Å². The van der Waals surface area contributed by atoms with Crippen LogP contribution >= 0.6 is 7.82 Å². The van der Waals surface area contributed by atoms with Crippen LogP contribution in [0.3, 0.4) is 0 Å². The lowest BCUT2D eigenvalue weighted by molar-refractivity contribution is -0.161. The normalized spacial score (nSPS) is 12.5. The van der Waals surface area contributed by atoms with Gasteiger partial charge in [-0.2, -0.15) is 0 Å². The van der Waals surface area contributed by atoms with Crippen LogP contribution in [0.1, 0.15) is 168 Å². The number of rotatable bonds is 30. The minimum absolute atomic E-state index is 0.218. The van der Waals surface area contributed by atoms with E-state index in [-0.39, 0.29) is 19.4 Å². The Hall–Kier alpha value is -0.950. The third-order valence-electron chi connectivity index (χ3n) is 7.30. The van der Waals surface area contributed by atoms with Gasteiger partial charge < -0.3 is 19.3 Å². The molecule has 0 aromatic rings. The molecule has 0 unspecified atom stereocenters. The van der Waals surface area contributed by atoms with Gasteiger partial charge in [0.15, 0.2) is 6.10 Å². The molecule has 41 heavy (non-hydrogen) atoms. The first kappa shape index (κ1) is 40.1. The molecule has 0 aromatic heterocycles. The van der Waals surface area contributed by atoms with Crippen molar-refractivity contribution in [3.05, 3.63) is 0 Å². The molecule has 0 rings (SSSR count). The highest BCUT2D eigenvalue weighted by atomic mass is 31.2. The van der Waals surface area contributed by atoms with Crippen LogP contribution in [-0.4, -0.2) is 41.0 Å². The molecule has 0 bridgehead atoms. The lowest BCUT2D eigenvalue weighted by Gasteiger charge is -2.18. The highest BCUT2D eigenvalue weighted by Gasteiger charge is 2.22. The number of hydrogen-bond acceptors (Lipinski definition) is 6. The first-order chi connectivity index (χ1) is 19.6. The number of unbranched alkanes of at least 4 members (excludes halogenated alkanes) is 18. The van der Waals surface area contributed by atoms with Crippen molar-refractivity contribution in [2.24, 2.45) is 5.92 Å². The van der Waals surface area contributed by atoms with Crippen molar-refractivity contribution in [2.45, 2.75) is 175 Å². The van der Waals surface area contributed by atoms with E-state index in [1.807, 2.05) is 0 Å². The molecule has 0 aliphatic carbocycles. The van der Waals surface area contributed by atoms with Crippen molar-refractivity contribution in [3.63, 3.8) is 0 Å². The van der Waals surface area contributed by atoms with Gasteiger partial charge in [0.25, 0.3) is 0 Å². The Morgan fingerprint density at radius 1 is 0.610 bits per heavy atom. The van der Waals surface area contributed by atoms with Gasteiger partial charge in [0.1, 0.15) is 6.61 Å². The van der Waals surface area contributed by atoms with Crippen LogP contribution in [0.15, 0.2) is 0 Å². The van der Waals surface area contributed by atoms with Crippen LogP contribution in [0.2, 0.25) is 0 Å². The summed E-state index contributed by atoms with van der Waals surface area (Å²) in [4.78, 5) is 42.3. The molecule has 2 N–H and O–H groups in total. The smallest absolute Gasteiger partial charge is 0.462 e. The van der Waals surface area contributed by atoms with Gasteiger partial charge in [0, 0.05) is 12.8 Å². The SMILES string of the molecule is CCCCCCCCCC(=O)OC[C@H](COP(=O)(O)O)OC(=O)CCCCCCCCCCCCCCCC(C)C. The predicted molar refractivity (Wildman–Crippen MR) is 166 cm³/mol. The first-order valence-corrected chi connectivity index (χ1v) is 18.2. The van der Waals surface area contributed by atoms with E-state index in [2.05, 4.69) is 25.3 Å². The Morgan fingerprint density at radius 2 is 1.02 bits per heavy atom. The molecule has 0 heterocycles. The Balaban J connectivity index is 3.92. The fraction of sp³-hybridized carbons (Fsp3) is 0.938. The zero-order valence-corrected chi connectivity index (χ0v) is 27.5. The maximum Gasteiger partial charge on any atom is 0.469 e. The first-order valence-electron chi connectivity index (χ1n) is 16.7. The molecule has 0 saturated carbocycles. The summed E-state index contributed by atoms with van der Waals surface area (Å²) in [6.07, 6.45) is 24.2. The number of carbonyl (C=O) groups is 2. The average Bonchev–Trinajstić information content (AvgIpc) is 2.91. The monoisotopic (exact) mass is 606 g/mol. The van der Waals surface area contributed by atoms with Crippen molar-refractivity contribution < 1.29 is 37.9 Å². The van der Waals surface area contributed by atoms with Gasteiger partial charge in [-0.05, 0) is 18.8 Å². The lowest BCUT2D eigenvalue weighted by atomic mass is 10.0. The number of carbonyl (C=O) groups excluding carboxylic acids is 2. The molecular formula is C32H63O8P. The highest BCUT2D eigenvalue weighted by molar-refractivity contribution is 7.46. The molecule has 0 aliphatic rings. The maximum absolute atomic E-state index is 12.3. The number of hydrogen-bond donors (Lipinski definition) is 2. The molecule has 0 radical (unpaired) electrons. The van der Waals surface area contributed by atoms with Crippen molar-refractivity contribution in [1.82, 2.24) is 0 Å². The summed E-state index contributed by atoms with van der Waals surface area (Å²) in [7, 11) is -4.73. The second-order valence-corrected chi connectivity index (χ2v) is 13.2. The summed E-state index contributed by atoms with van der Waals surface area (Å²) in [5.74, 6) is -0.0594. The van der Waals surface area contributed by atoms with E-state index in [1.54, 1.807) is 0 Å². The second kappa shape index (κ2) is 27.9. The zero-order valence-electron chi connectivity index (χ0n) is 26.6. The van der Waals surface area contributed by atoms with Crippen LogP contribution in [0.25, 0.3) is 0 Å². The van der Waals surface area contributed by atoms with E-state index in [1.165, 1.54) is 89.9 Å². The van der Waals surface area contributed by atoms with Crippen LogP contribution in [0.5, 0.6) is 0 Å². The lowest BCUT2D eigenvalue weighted by Crippen LogP contribution is -2.29. The van der Waals surface area contributed by atoms with E-state index in [9.17, 15) is 14.2 Å². The van der Waals surface area contributed by atoms with Crippen LogP contribution in [-0.2, 0) is 28.2 Å². The molecule has 0 aliphatic heterocycles. The molecule has 0 saturated heterocycles. The van der Waals surface area contributed by atoms with Crippen molar-refractivity contribution >= 4 is 19.8 Å². The Labute approximate surface area is 251 Å². The van der Waals surface area contributed by atoms with Crippen LogP contribution in [0.4, 0.5) is 0 Å². The van der Waals surface area contributed by atoms with E-state index >= 15 is 0 Å². The fourth-order valence-corrected chi connectivity index (χ4v) is 5.15. The van der Waals surface area contributed by atoms with Crippen molar-refractivity contribution in [2.75, 3.05) is 13.2 Å². The molecule has 0 spiro atoms. The van der Waals surface area contributed by atoms with Crippen LogP contribution < -0.4 is 0 Å². The zero-order chi connectivity index (χ0) is 30.6. The number of phosphoric acid groups is 1. The predicted octanol–water partition coefficient (Wildman–Crippen LogP) is 9.20. The summed E-state index contributed by atoms with van der Waals surface area (Å²) >= 11 is 0. The Kier molecular flexibility index (Phi) is 27.2. The molecule has 9 heteroatoms. The topological polar surface area (TPSA) is 119 Å². The van der Waals surface area contributed by atoms with Crippen molar-refractivity contribution in [1.29, 1.82) is 0 Å². The van der Waals surface area contributed by atoms with E-state index in [0.717, 1.165) is 44.4 Å². The summed E-state index contributed by atoms with van der Waals surface area (Å²) in [6, 6.07) is 0. The van der Waals surface area contributed by atoms with Gasteiger partial charge >= 0.3 is 19.8 Å². The van der Waals surface area contributed by atoms with Gasteiger partial charge in [-0.3, -0.25) is 14.1 Å². The molecule has 0 fully saturated rings. The van der Waals surface area contributed by atoms with E-state index < -0.39 is 32.5 Å². The fourth-order valence-electron chi connectivity index (χ4n) is 4.79. The highest BCUT2D eigenvalue weighted by Crippen LogP contribution is 2.36. The van der Waals surface area contributed by atoms with E-state index in [4.69, 9.17) is 19.3 Å². The molecule has 0 amide bonds.